The molecule has 13 heteroatoms. The lowest BCUT2D eigenvalue weighted by molar-refractivity contribution is 0.0747. The first-order valence-corrected chi connectivity index (χ1v) is 20.4. The van der Waals surface area contributed by atoms with E-state index in [2.05, 4.69) is 61.4 Å². The van der Waals surface area contributed by atoms with Crippen LogP contribution >= 0.6 is 18.7 Å². The Labute approximate surface area is 301 Å². The van der Waals surface area contributed by atoms with Crippen LogP contribution in [0.15, 0.2) is 66.3 Å². The van der Waals surface area contributed by atoms with Gasteiger partial charge in [0.15, 0.2) is 5.82 Å². The number of piperazine rings is 1. The second-order valence-electron chi connectivity index (χ2n) is 13.7. The highest BCUT2D eigenvalue weighted by atomic mass is 35.5. The van der Waals surface area contributed by atoms with Crippen molar-refractivity contribution < 1.29 is 14.0 Å². The van der Waals surface area contributed by atoms with Gasteiger partial charge in [0.1, 0.15) is 24.0 Å². The second-order valence-corrected chi connectivity index (χ2v) is 17.3. The number of piperidine rings is 1. The Hall–Kier alpha value is -3.47. The van der Waals surface area contributed by atoms with Crippen LogP contribution in [0.25, 0.3) is 11.1 Å². The van der Waals surface area contributed by atoms with Crippen molar-refractivity contribution in [3.63, 3.8) is 0 Å². The summed E-state index contributed by atoms with van der Waals surface area (Å²) >= 11 is 6.63. The number of nitrogens with one attached hydrogen (secondary N) is 2. The van der Waals surface area contributed by atoms with E-state index in [4.69, 9.17) is 26.1 Å². The van der Waals surface area contributed by atoms with Gasteiger partial charge in [0.05, 0.1) is 25.0 Å². The molecule has 1 aromatic carbocycles. The number of pyridine rings is 1. The first-order chi connectivity index (χ1) is 24.1. The zero-order chi connectivity index (χ0) is 35.4. The predicted octanol–water partition coefficient (Wildman–Crippen LogP) is 5.93. The Morgan fingerprint density at radius 3 is 2.46 bits per heavy atom. The van der Waals surface area contributed by atoms with Crippen molar-refractivity contribution in [3.8, 4) is 16.9 Å². The maximum Gasteiger partial charge on any atom is 0.225 e. The number of likely N-dealkylation sites (tertiary alicyclic amines) is 1. The van der Waals surface area contributed by atoms with Gasteiger partial charge in [0.2, 0.25) is 5.95 Å². The van der Waals surface area contributed by atoms with Crippen LogP contribution in [0.1, 0.15) is 26.2 Å². The lowest BCUT2D eigenvalue weighted by Crippen LogP contribution is -2.52. The SMILES string of the molecule is CCC1=CC(Nc2ncc(Cl)c(Nc3ccc(-c4cnccc4OC)cc3P(C)(C)=O)n2)C(OC)C=C1N1CCC(N2CCN(C)CC2)CC1. The van der Waals surface area contributed by atoms with Crippen molar-refractivity contribution in [3.05, 3.63) is 71.3 Å². The molecule has 0 amide bonds. The molecule has 2 aliphatic heterocycles. The summed E-state index contributed by atoms with van der Waals surface area (Å²) < 4.78 is 25.1. The molecular formula is C37H50ClN8O3P. The zero-order valence-electron chi connectivity index (χ0n) is 30.0. The van der Waals surface area contributed by atoms with Crippen LogP contribution in [0.2, 0.25) is 5.02 Å². The average Bonchev–Trinajstić information content (AvgIpc) is 3.13. The van der Waals surface area contributed by atoms with Gasteiger partial charge in [0.25, 0.3) is 0 Å². The van der Waals surface area contributed by atoms with Crippen LogP contribution in [-0.4, -0.2) is 122 Å². The van der Waals surface area contributed by atoms with E-state index in [1.807, 2.05) is 24.3 Å². The van der Waals surface area contributed by atoms with Crippen LogP contribution < -0.4 is 20.7 Å². The van der Waals surface area contributed by atoms with E-state index in [0.717, 1.165) is 43.7 Å². The van der Waals surface area contributed by atoms with Crippen molar-refractivity contribution >= 4 is 41.5 Å². The van der Waals surface area contributed by atoms with E-state index in [9.17, 15) is 4.57 Å². The lowest BCUT2D eigenvalue weighted by atomic mass is 9.92. The molecule has 4 heterocycles. The fourth-order valence-electron chi connectivity index (χ4n) is 7.20. The average molecular weight is 721 g/mol. The zero-order valence-corrected chi connectivity index (χ0v) is 31.7. The number of methoxy groups -OCH3 is 2. The molecule has 2 N–H and O–H groups in total. The fraction of sp³-hybridized carbons (Fsp3) is 0.486. The molecule has 268 valence electrons. The van der Waals surface area contributed by atoms with Crippen LogP contribution in [0.5, 0.6) is 5.75 Å². The first kappa shape index (κ1) is 36.3. The van der Waals surface area contributed by atoms with Gasteiger partial charge in [-0.2, -0.15) is 4.98 Å². The van der Waals surface area contributed by atoms with Gasteiger partial charge < -0.3 is 34.5 Å². The maximum absolute atomic E-state index is 13.6. The minimum atomic E-state index is -2.74. The Kier molecular flexibility index (Phi) is 11.5. The quantitative estimate of drug-likeness (QED) is 0.230. The highest BCUT2D eigenvalue weighted by Crippen LogP contribution is 2.41. The van der Waals surface area contributed by atoms with Crippen LogP contribution in [-0.2, 0) is 9.30 Å². The molecule has 2 fully saturated rings. The summed E-state index contributed by atoms with van der Waals surface area (Å²) in [5.74, 6) is 1.51. The number of halogens is 1. The molecule has 2 aromatic heterocycles. The summed E-state index contributed by atoms with van der Waals surface area (Å²) in [4.78, 5) is 21.2. The molecule has 0 radical (unpaired) electrons. The fourth-order valence-corrected chi connectivity index (χ4v) is 8.49. The largest absolute Gasteiger partial charge is 0.496 e. The third-order valence-electron chi connectivity index (χ3n) is 10.1. The molecule has 11 nitrogen and oxygen atoms in total. The molecule has 0 saturated carbocycles. The van der Waals surface area contributed by atoms with Crippen molar-refractivity contribution in [1.29, 1.82) is 0 Å². The Bertz CT molecular complexity index is 1770. The molecule has 0 bridgehead atoms. The van der Waals surface area contributed by atoms with Crippen LogP contribution in [0.4, 0.5) is 17.5 Å². The van der Waals surface area contributed by atoms with Gasteiger partial charge in [-0.1, -0.05) is 30.7 Å². The predicted molar refractivity (Wildman–Crippen MR) is 204 cm³/mol. The monoisotopic (exact) mass is 720 g/mol. The maximum atomic E-state index is 13.6. The molecule has 2 atom stereocenters. The van der Waals surface area contributed by atoms with Crippen molar-refractivity contribution in [1.82, 2.24) is 29.7 Å². The third kappa shape index (κ3) is 8.19. The molecule has 3 aromatic rings. The van der Waals surface area contributed by atoms with Gasteiger partial charge in [-0.15, -0.1) is 0 Å². The van der Waals surface area contributed by atoms with Crippen molar-refractivity contribution in [2.45, 2.75) is 44.4 Å². The number of aromatic nitrogens is 3. The van der Waals surface area contributed by atoms with Gasteiger partial charge >= 0.3 is 0 Å². The smallest absolute Gasteiger partial charge is 0.225 e. The molecule has 2 unspecified atom stereocenters. The molecular weight excluding hydrogens is 671 g/mol. The number of rotatable bonds is 11. The summed E-state index contributed by atoms with van der Waals surface area (Å²) in [7, 11) is 2.84. The number of nitrogens with zero attached hydrogens (tertiary/aromatic N) is 6. The Balaban J connectivity index is 1.18. The molecule has 50 heavy (non-hydrogen) atoms. The number of ether oxygens (including phenoxy) is 2. The Morgan fingerprint density at radius 1 is 1.02 bits per heavy atom. The van der Waals surface area contributed by atoms with Gasteiger partial charge in [-0.05, 0) is 75.1 Å². The van der Waals surface area contributed by atoms with Crippen LogP contribution in [0.3, 0.4) is 0 Å². The van der Waals surface area contributed by atoms with E-state index >= 15 is 0 Å². The molecule has 1 aliphatic carbocycles. The van der Waals surface area contributed by atoms with Gasteiger partial charge in [-0.3, -0.25) is 9.88 Å². The van der Waals surface area contributed by atoms with Crippen LogP contribution in [0, 0.1) is 0 Å². The van der Waals surface area contributed by atoms with Gasteiger partial charge in [0, 0.05) is 81.4 Å². The number of anilines is 3. The summed E-state index contributed by atoms with van der Waals surface area (Å²) in [5, 5.41) is 7.85. The Morgan fingerprint density at radius 2 is 1.78 bits per heavy atom. The van der Waals surface area contributed by atoms with Crippen molar-refractivity contribution in [2.24, 2.45) is 0 Å². The van der Waals surface area contributed by atoms with E-state index in [0.29, 0.717) is 39.6 Å². The number of allylic oxidation sites excluding steroid dienone is 1. The minimum Gasteiger partial charge on any atom is -0.496 e. The molecule has 3 aliphatic rings. The number of hydrogen-bond acceptors (Lipinski definition) is 11. The second kappa shape index (κ2) is 15.8. The number of benzene rings is 1. The topological polar surface area (TPSA) is 108 Å². The summed E-state index contributed by atoms with van der Waals surface area (Å²) in [6.45, 7) is 12.4. The highest BCUT2D eigenvalue weighted by Gasteiger charge is 2.32. The van der Waals surface area contributed by atoms with Gasteiger partial charge in [-0.25, -0.2) is 4.98 Å². The number of hydrogen-bond donors (Lipinski definition) is 2. The van der Waals surface area contributed by atoms with E-state index in [-0.39, 0.29) is 12.1 Å². The summed E-state index contributed by atoms with van der Waals surface area (Å²) in [6.07, 6.45) is 12.6. The lowest BCUT2D eigenvalue weighted by Gasteiger charge is -2.44. The normalized spacial score (nSPS) is 21.1. The standard InChI is InChI=1S/C37H50ClN8O3P/c1-7-25-20-31(34(49-4)22-32(25)46-14-11-27(12-15-46)45-18-16-44(2)17-19-45)42-37-40-24-29(38)36(43-37)41-30-9-8-26(21-35(30)50(5,6)47)28-23-39-13-10-33(28)48-3/h8-10,13,20-24,27,31,34H,7,11-12,14-19H2,1-6H3,(H2,40,41,42,43). The minimum absolute atomic E-state index is 0.175. The molecule has 6 rings (SSSR count). The van der Waals surface area contributed by atoms with E-state index in [1.54, 1.807) is 46.1 Å². The summed E-state index contributed by atoms with van der Waals surface area (Å²) in [5.41, 5.74) is 4.88. The number of likely N-dealkylation sites (N-methyl/N-ethyl adjacent to an activating group) is 1. The summed E-state index contributed by atoms with van der Waals surface area (Å²) in [6, 6.07) is 8.04. The van der Waals surface area contributed by atoms with E-state index in [1.165, 1.54) is 37.2 Å². The van der Waals surface area contributed by atoms with E-state index < -0.39 is 7.14 Å². The molecule has 2 saturated heterocycles. The van der Waals surface area contributed by atoms with Crippen molar-refractivity contribution in [2.75, 3.05) is 84.5 Å². The highest BCUT2D eigenvalue weighted by molar-refractivity contribution is 7.70. The molecule has 0 spiro atoms. The first-order valence-electron chi connectivity index (χ1n) is 17.4. The third-order valence-corrected chi connectivity index (χ3v) is 11.9.